The Hall–Kier alpha value is -1.82. The minimum atomic E-state index is -3.89. The lowest BCUT2D eigenvalue weighted by Crippen LogP contribution is -2.77. The number of aliphatic imine (C=N–C) groups is 1. The summed E-state index contributed by atoms with van der Waals surface area (Å²) in [4.78, 5) is 32.7. The van der Waals surface area contributed by atoms with E-state index >= 15 is 0 Å². The van der Waals surface area contributed by atoms with E-state index in [9.17, 15) is 19.4 Å². The van der Waals surface area contributed by atoms with Crippen molar-refractivity contribution < 1.29 is 29.4 Å². The van der Waals surface area contributed by atoms with Crippen molar-refractivity contribution in [2.75, 3.05) is 37.2 Å². The smallest absolute Gasteiger partial charge is 0.382 e. The number of ether oxygens (including phenoxy) is 1. The van der Waals surface area contributed by atoms with Gasteiger partial charge in [-0.1, -0.05) is 0 Å². The number of fused-ring (bicyclic) bond motifs is 1. The number of aromatic amines is 1. The molecule has 0 amide bonds. The molecule has 2 heterocycles. The number of nitrogen functional groups attached to an aromatic ring is 1. The van der Waals surface area contributed by atoms with Crippen LogP contribution in [0.15, 0.2) is 4.79 Å². The van der Waals surface area contributed by atoms with Crippen LogP contribution in [0.1, 0.15) is 0 Å². The molecule has 23 heavy (non-hydrogen) atoms. The Balaban J connectivity index is 2.01. The molecule has 1 radical (unpaired) electrons. The number of H-pyrrole nitrogens is 1. The fraction of sp³-hybridized carbons (Fsp3) is 0.500. The van der Waals surface area contributed by atoms with Crippen LogP contribution in [0.5, 0.6) is 0 Å². The molecule has 13 heteroatoms. The fourth-order valence-electron chi connectivity index (χ4n) is 1.88. The van der Waals surface area contributed by atoms with E-state index in [1.807, 2.05) is 0 Å². The Morgan fingerprint density at radius 1 is 1.65 bits per heavy atom. The summed E-state index contributed by atoms with van der Waals surface area (Å²) in [5.74, 6) is 0.128. The SMILES string of the molecule is C[NH2+]OP(=O)(O)CC(CO)OCN1C=[N+]c2c1nc(N)[nH]c2=O. The first-order chi connectivity index (χ1) is 10.9. The van der Waals surface area contributed by atoms with Gasteiger partial charge in [0.05, 0.1) is 25.9 Å². The molecule has 12 nitrogen and oxygen atoms in total. The monoisotopic (exact) mass is 349 g/mol. The summed E-state index contributed by atoms with van der Waals surface area (Å²) >= 11 is 0. The predicted octanol–water partition coefficient (Wildman–Crippen LogP) is -3.19. The summed E-state index contributed by atoms with van der Waals surface area (Å²) in [5, 5.41) is 9.25. The quantitative estimate of drug-likeness (QED) is 0.238. The van der Waals surface area contributed by atoms with Crippen LogP contribution in [0.25, 0.3) is 0 Å². The summed E-state index contributed by atoms with van der Waals surface area (Å²) < 4.78 is 21.6. The van der Waals surface area contributed by atoms with Gasteiger partial charge in [0.1, 0.15) is 0 Å². The molecule has 1 aromatic heterocycles. The minimum absolute atomic E-state index is 0.0744. The molecule has 0 bridgehead atoms. The van der Waals surface area contributed by atoms with Crippen molar-refractivity contribution in [3.63, 3.8) is 0 Å². The van der Waals surface area contributed by atoms with Crippen LogP contribution in [0, 0.1) is 0 Å². The van der Waals surface area contributed by atoms with E-state index < -0.39 is 32.0 Å². The molecule has 0 aromatic carbocycles. The van der Waals surface area contributed by atoms with E-state index in [1.165, 1.54) is 18.3 Å². The van der Waals surface area contributed by atoms with Crippen LogP contribution in [0.3, 0.4) is 0 Å². The molecule has 0 fully saturated rings. The molecule has 0 spiro atoms. The molecule has 127 valence electrons. The molecule has 1 aromatic rings. The van der Waals surface area contributed by atoms with Gasteiger partial charge < -0.3 is 20.5 Å². The molecule has 2 rings (SSSR count). The zero-order valence-electron chi connectivity index (χ0n) is 12.2. The molecule has 2 unspecified atom stereocenters. The number of aliphatic hydroxyl groups is 1. The Morgan fingerprint density at radius 2 is 2.39 bits per heavy atom. The first kappa shape index (κ1) is 17.5. The number of aromatic nitrogens is 2. The van der Waals surface area contributed by atoms with Crippen LogP contribution in [0.2, 0.25) is 0 Å². The van der Waals surface area contributed by atoms with E-state index in [0.29, 0.717) is 0 Å². The minimum Gasteiger partial charge on any atom is -0.394 e. The maximum atomic E-state index is 11.7. The van der Waals surface area contributed by atoms with Gasteiger partial charge >= 0.3 is 18.8 Å². The zero-order chi connectivity index (χ0) is 17.0. The van der Waals surface area contributed by atoms with E-state index in [1.54, 1.807) is 0 Å². The molecular weight excluding hydrogens is 331 g/mol. The molecular formula is C10H18N6O6P+2. The lowest BCUT2D eigenvalue weighted by Gasteiger charge is -2.17. The second-order valence-corrected chi connectivity index (χ2v) is 6.45. The number of rotatable bonds is 8. The zero-order valence-corrected chi connectivity index (χ0v) is 13.1. The molecule has 2 atom stereocenters. The molecule has 1 aliphatic rings. The average molecular weight is 349 g/mol. The number of quaternary nitrogens is 1. The number of nitrogens with two attached hydrogens (primary N) is 2. The molecule has 0 saturated carbocycles. The summed E-state index contributed by atoms with van der Waals surface area (Å²) in [6, 6.07) is 0. The number of hydrogen-bond acceptors (Lipinski definition) is 9. The first-order valence-corrected chi connectivity index (χ1v) is 8.33. The lowest BCUT2D eigenvalue weighted by molar-refractivity contribution is -0.842. The second-order valence-electron chi connectivity index (χ2n) is 4.60. The largest absolute Gasteiger partial charge is 0.394 e. The second kappa shape index (κ2) is 7.17. The number of hydrogen-bond donors (Lipinski definition) is 5. The van der Waals surface area contributed by atoms with Crippen molar-refractivity contribution >= 4 is 31.4 Å². The normalized spacial score (nSPS) is 17.1. The summed E-state index contributed by atoms with van der Waals surface area (Å²) in [6.07, 6.45) is -0.0192. The van der Waals surface area contributed by atoms with E-state index in [4.69, 9.17) is 10.5 Å². The highest BCUT2D eigenvalue weighted by Crippen LogP contribution is 2.40. The summed E-state index contributed by atoms with van der Waals surface area (Å²) in [6.45, 7) is -0.631. The third-order valence-corrected chi connectivity index (χ3v) is 4.26. The topological polar surface area (TPSA) is 182 Å². The van der Waals surface area contributed by atoms with Crippen molar-refractivity contribution in [1.82, 2.24) is 15.0 Å². The number of anilines is 2. The van der Waals surface area contributed by atoms with Crippen LogP contribution >= 0.6 is 7.60 Å². The molecule has 0 aliphatic carbocycles. The fourth-order valence-corrected chi connectivity index (χ4v) is 3.03. The van der Waals surface area contributed by atoms with Gasteiger partial charge in [0.25, 0.3) is 12.2 Å². The van der Waals surface area contributed by atoms with Crippen molar-refractivity contribution in [3.05, 3.63) is 10.4 Å². The highest BCUT2D eigenvalue weighted by Gasteiger charge is 2.33. The van der Waals surface area contributed by atoms with Crippen LogP contribution in [-0.2, 0) is 13.9 Å². The Labute approximate surface area is 130 Å². The van der Waals surface area contributed by atoms with E-state index in [0.717, 1.165) is 5.48 Å². The number of aliphatic hydroxyl groups excluding tert-OH is 1. The average Bonchev–Trinajstić information content (AvgIpc) is 2.86. The van der Waals surface area contributed by atoms with Crippen molar-refractivity contribution in [2.24, 2.45) is 0 Å². The first-order valence-electron chi connectivity index (χ1n) is 6.57. The van der Waals surface area contributed by atoms with Gasteiger partial charge in [-0.3, -0.25) is 14.3 Å². The highest BCUT2D eigenvalue weighted by molar-refractivity contribution is 7.52. The van der Waals surface area contributed by atoms with Gasteiger partial charge in [0.15, 0.2) is 6.73 Å². The Morgan fingerprint density at radius 3 is 3.04 bits per heavy atom. The summed E-state index contributed by atoms with van der Waals surface area (Å²) in [5.41, 5.74) is 6.16. The van der Waals surface area contributed by atoms with E-state index in [-0.39, 0.29) is 24.2 Å². The highest BCUT2D eigenvalue weighted by atomic mass is 31.2. The Bertz CT molecular complexity index is 693. The molecule has 1 aliphatic heterocycles. The van der Waals surface area contributed by atoms with Gasteiger partial charge in [-0.15, -0.1) is 4.62 Å². The van der Waals surface area contributed by atoms with Gasteiger partial charge in [-0.25, -0.2) is 0 Å². The van der Waals surface area contributed by atoms with Crippen LogP contribution in [-0.4, -0.2) is 59.0 Å². The molecule has 7 N–H and O–H groups in total. The van der Waals surface area contributed by atoms with Gasteiger partial charge in [-0.05, 0) is 4.99 Å². The number of nitrogens with zero attached hydrogens (tertiary/aromatic N) is 3. The van der Waals surface area contributed by atoms with Gasteiger partial charge in [0, 0.05) is 0 Å². The number of hydroxylamine groups is 1. The van der Waals surface area contributed by atoms with E-state index in [2.05, 4.69) is 19.6 Å². The van der Waals surface area contributed by atoms with Crippen molar-refractivity contribution in [2.45, 2.75) is 6.10 Å². The van der Waals surface area contributed by atoms with Crippen molar-refractivity contribution in [3.8, 4) is 0 Å². The third kappa shape index (κ3) is 4.34. The number of nitrogens with one attached hydrogen (secondary N) is 1. The maximum absolute atomic E-state index is 11.7. The van der Waals surface area contributed by atoms with Crippen molar-refractivity contribution in [1.29, 1.82) is 0 Å². The van der Waals surface area contributed by atoms with Gasteiger partial charge in [0.2, 0.25) is 5.95 Å². The Kier molecular flexibility index (Phi) is 5.46. The standard InChI is InChI=1S/C10H17N6O6P/c1-12-22-23(19,20)3-6(2-17)21-5-16-4-13-7-8(16)14-10(11)15-9(7)18/h4,6,12,17H,2-3,5H2,1H3,(H,19,20)(H3,11,14,15,18)/q+1/p+1. The van der Waals surface area contributed by atoms with Crippen LogP contribution < -0.4 is 26.7 Å². The predicted molar refractivity (Wildman–Crippen MR) is 80.1 cm³/mol. The van der Waals surface area contributed by atoms with Gasteiger partial charge in [-0.2, -0.15) is 15.4 Å². The lowest BCUT2D eigenvalue weighted by atomic mass is 10.4. The molecule has 0 saturated heterocycles. The third-order valence-electron chi connectivity index (χ3n) is 2.85. The maximum Gasteiger partial charge on any atom is 0.382 e. The summed E-state index contributed by atoms with van der Waals surface area (Å²) in [7, 11) is -2.43. The van der Waals surface area contributed by atoms with Crippen LogP contribution in [0.4, 0.5) is 17.5 Å².